The molecule has 4 aromatic heterocycles. The number of pyridine rings is 4. The summed E-state index contributed by atoms with van der Waals surface area (Å²) in [6.07, 6.45) is 12.1. The van der Waals surface area contributed by atoms with Crippen LogP contribution in [-0.2, 0) is 21.7 Å². The summed E-state index contributed by atoms with van der Waals surface area (Å²) in [5, 5.41) is 54.5. The van der Waals surface area contributed by atoms with E-state index in [1.165, 1.54) is 22.3 Å². The van der Waals surface area contributed by atoms with Gasteiger partial charge in [-0.05, 0) is 190 Å². The summed E-state index contributed by atoms with van der Waals surface area (Å²) >= 11 is 29.3. The molecule has 16 rings (SSSR count). The molecular weight excluding hydrogens is 1890 g/mol. The van der Waals surface area contributed by atoms with E-state index in [0.29, 0.717) is 44.2 Å². The Morgan fingerprint density at radius 1 is 0.380 bits per heavy atom. The molecule has 0 saturated carbocycles. The monoisotopic (exact) mass is 2010 g/mol. The van der Waals surface area contributed by atoms with Crippen molar-refractivity contribution < 1.29 is 18.9 Å². The Morgan fingerprint density at radius 2 is 0.683 bits per heavy atom. The number of ether oxygens (including phenoxy) is 4. The molecule has 0 radical (unpaired) electrons. The third kappa shape index (κ3) is 42.9. The van der Waals surface area contributed by atoms with E-state index in [9.17, 15) is 0 Å². The topological polar surface area (TPSA) is 337 Å². The number of hydrogen-bond donors (Lipinski definition) is 8. The number of amidine groups is 2. The van der Waals surface area contributed by atoms with Crippen molar-refractivity contribution in [2.45, 2.75) is 112 Å². The fourth-order valence-electron chi connectivity index (χ4n) is 13.1. The van der Waals surface area contributed by atoms with Gasteiger partial charge >= 0.3 is 18.1 Å². The minimum Gasteiger partial charge on any atom is -0.425 e. The molecule has 142 heavy (non-hydrogen) atoms. The normalized spacial score (nSPS) is 13.4. The van der Waals surface area contributed by atoms with Crippen molar-refractivity contribution in [2.24, 2.45) is 20.1 Å². The molecule has 33 heteroatoms. The van der Waals surface area contributed by atoms with Crippen LogP contribution >= 0.6 is 58.0 Å². The largest absolute Gasteiger partial charge is 0.425 e. The van der Waals surface area contributed by atoms with Crippen LogP contribution in [-0.4, -0.2) is 154 Å². The molecule has 4 saturated heterocycles. The van der Waals surface area contributed by atoms with E-state index in [1.54, 1.807) is 91.6 Å². The van der Waals surface area contributed by atoms with E-state index in [1.807, 2.05) is 194 Å². The molecule has 9 N–H and O–H groups in total. The second-order valence-corrected chi connectivity index (χ2v) is 37.5. The smallest absolute Gasteiger partial charge is 0.410 e. The van der Waals surface area contributed by atoms with Gasteiger partial charge in [0.05, 0.1) is 31.5 Å². The number of aliphatic imine (C=N–C) groups is 3. The molecule has 0 spiro atoms. The molecule has 0 aliphatic carbocycles. The predicted octanol–water partition coefficient (Wildman–Crippen LogP) is 22.7. The molecule has 28 nitrogen and oxygen atoms in total. The van der Waals surface area contributed by atoms with Crippen molar-refractivity contribution in [3.63, 3.8) is 0 Å². The van der Waals surface area contributed by atoms with Crippen molar-refractivity contribution in [2.75, 3.05) is 130 Å². The molecule has 12 aromatic rings. The lowest BCUT2D eigenvalue weighted by atomic mass is 9.87. The van der Waals surface area contributed by atoms with Gasteiger partial charge in [-0.25, -0.2) is 30.6 Å². The molecule has 0 unspecified atom stereocenters. The van der Waals surface area contributed by atoms with Crippen molar-refractivity contribution in [1.82, 2.24) is 56.7 Å². The zero-order valence-electron chi connectivity index (χ0n) is 81.8. The fraction of sp³-hybridized carbons (Fsp3) is 0.303. The highest BCUT2D eigenvalue weighted by atomic mass is 35.5. The highest BCUT2D eigenvalue weighted by molar-refractivity contribution is 6.41. The Bertz CT molecular complexity index is 5720. The molecule has 4 aliphatic heterocycles. The maximum Gasteiger partial charge on any atom is 0.410 e. The number of nitrogen functional groups attached to an aromatic ring is 1. The summed E-state index contributed by atoms with van der Waals surface area (Å²) < 4.78 is 21.9. The SMILES string of the molecule is C.C1CNCCN1.CC(C)(C)c1ccc(N)cc1.CC(C)(C)c1ccc(N=C(NC#N)Oc2ccccc2)cc1.CC(C)(C)c1ccc(N=C(NC#N)Oc2ccccc2)cc1.Clc1cccnc1Cl.Clc1cccnc1N1CCNCC1.Clc1cccnc1N1CCNCC1.N#CN=C(Oc1ccccc1)Oc1ccccc1.[C-]#[N+]/N=C(/Nc1ccc(C(C)(C)C)cc1)N1CCN(c2ncccc2Cl)CC1. The summed E-state index contributed by atoms with van der Waals surface area (Å²) in [6.45, 7) is 48.8. The number of aromatic nitrogens is 4. The molecule has 0 atom stereocenters. The third-order valence-electron chi connectivity index (χ3n) is 20.7. The molecule has 8 heterocycles. The minimum absolute atomic E-state index is 0. The van der Waals surface area contributed by atoms with Crippen molar-refractivity contribution in [3.05, 3.63) is 351 Å². The third-order valence-corrected chi connectivity index (χ3v) is 22.3. The standard InChI is InChI=1S/C21H25ClN6.2C18H19N3O.C14H10N2O2.C10H15N.2C9H12ClN3.C5H3Cl2N.C4H10N2.CH4/c1-21(2,3)16-7-9-17(10-8-16)25-20(26-23-4)28-14-12-27(13-15-28)19-18(22)6-5-11-24-19;2*1-18(2,3)14-9-11-15(12-10-14)21-17(20-13-19)22-16-7-5-4-6-8-16;15-11-16-14(17-12-7-3-1-4-8-12)18-13-9-5-2-6-10-13;1-10(2,3)8-4-6-9(11)7-5-8;2*10-8-2-1-3-12-9(8)13-6-4-11-5-7-13;6-4-2-1-3-8-5(4)7;1-2-6-4-3-5-1;/h5-11H,12-15H2,1-3H3,(H,25,26);2*4-12H,1-3H3,(H,20,21);1-10H;4-7H,11H2,1-3H3;2*1-3,11H,4-7H2;1-3H;5-6H,1-4H2;1H4. The molecule has 4 aliphatic rings. The van der Waals surface area contributed by atoms with E-state index in [0.717, 1.165) is 155 Å². The van der Waals surface area contributed by atoms with Crippen LogP contribution < -0.4 is 76.6 Å². The first-order valence-corrected chi connectivity index (χ1v) is 47.8. The van der Waals surface area contributed by atoms with Crippen molar-refractivity contribution >= 4 is 122 Å². The number of piperazine rings is 4. The van der Waals surface area contributed by atoms with E-state index in [4.69, 9.17) is 105 Å². The van der Waals surface area contributed by atoms with E-state index in [-0.39, 0.29) is 47.2 Å². The van der Waals surface area contributed by atoms with Crippen molar-refractivity contribution in [1.29, 1.82) is 15.8 Å². The number of rotatable bonds is 10. The van der Waals surface area contributed by atoms with Crippen LogP contribution in [0.3, 0.4) is 0 Å². The lowest BCUT2D eigenvalue weighted by Crippen LogP contribution is -2.50. The second-order valence-electron chi connectivity index (χ2n) is 35.5. The maximum atomic E-state index is 8.82. The number of benzene rings is 8. The predicted molar refractivity (Wildman–Crippen MR) is 584 cm³/mol. The van der Waals surface area contributed by atoms with Gasteiger partial charge in [0, 0.05) is 141 Å². The Labute approximate surface area is 862 Å². The highest BCUT2D eigenvalue weighted by Crippen LogP contribution is 2.31. The van der Waals surface area contributed by atoms with E-state index >= 15 is 0 Å². The summed E-state index contributed by atoms with van der Waals surface area (Å²) in [5.41, 5.74) is 14.3. The number of nitriles is 3. The highest BCUT2D eigenvalue weighted by Gasteiger charge is 2.26. The van der Waals surface area contributed by atoms with E-state index in [2.05, 4.69) is 209 Å². The molecule has 4 fully saturated rings. The zero-order chi connectivity index (χ0) is 102. The Balaban J connectivity index is 0.000000223. The van der Waals surface area contributed by atoms with Crippen LogP contribution in [0.5, 0.6) is 23.0 Å². The fourth-order valence-corrected chi connectivity index (χ4v) is 14.1. The van der Waals surface area contributed by atoms with Crippen LogP contribution in [0.4, 0.5) is 40.2 Å². The molecular formula is C109H129Cl5N24O4. The summed E-state index contributed by atoms with van der Waals surface area (Å²) in [6, 6.07) is 83.4. The van der Waals surface area contributed by atoms with E-state index < -0.39 is 0 Å². The van der Waals surface area contributed by atoms with Crippen LogP contribution in [0.2, 0.25) is 25.2 Å². The Morgan fingerprint density at radius 3 is 0.972 bits per heavy atom. The Kier molecular flexibility index (Phi) is 49.7. The molecule has 0 bridgehead atoms. The first kappa shape index (κ1) is 115. The average Bonchev–Trinajstić information content (AvgIpc) is 0.830. The van der Waals surface area contributed by atoms with Gasteiger partial charge in [0.1, 0.15) is 50.7 Å². The van der Waals surface area contributed by atoms with Gasteiger partial charge in [0.15, 0.2) is 12.4 Å². The van der Waals surface area contributed by atoms with Gasteiger partial charge in [-0.2, -0.15) is 32.3 Å². The van der Waals surface area contributed by atoms with Crippen LogP contribution in [0.25, 0.3) is 4.95 Å². The van der Waals surface area contributed by atoms with Gasteiger partial charge in [0.25, 0.3) is 5.96 Å². The van der Waals surface area contributed by atoms with Gasteiger partial charge in [0.2, 0.25) is 6.19 Å². The number of guanidine groups is 1. The van der Waals surface area contributed by atoms with Gasteiger partial charge in [-0.3, -0.25) is 0 Å². The lowest BCUT2D eigenvalue weighted by Gasteiger charge is -2.36. The summed E-state index contributed by atoms with van der Waals surface area (Å²) in [4.78, 5) is 40.7. The number of anilines is 5. The maximum absolute atomic E-state index is 8.82. The quantitative estimate of drug-likeness (QED) is 0.00921. The van der Waals surface area contributed by atoms with Crippen LogP contribution in [0, 0.1) is 40.9 Å². The molecule has 8 aromatic carbocycles. The minimum atomic E-state index is -0.102. The average molecular weight is 2020 g/mol. The van der Waals surface area contributed by atoms with Gasteiger partial charge in [-0.15, -0.1) is 4.95 Å². The van der Waals surface area contributed by atoms with Crippen LogP contribution in [0.15, 0.2) is 312 Å². The lowest BCUT2D eigenvalue weighted by molar-refractivity contribution is 0.383. The van der Waals surface area contributed by atoms with Crippen molar-refractivity contribution in [3.8, 4) is 41.6 Å². The number of nitrogens with one attached hydrogen (secondary N) is 7. The second kappa shape index (κ2) is 61.5. The number of halogens is 5. The van der Waals surface area contributed by atoms with Gasteiger partial charge < -0.3 is 70.9 Å². The first-order chi connectivity index (χ1) is 67.8. The zero-order valence-corrected chi connectivity index (χ0v) is 85.6. The molecule has 744 valence electrons. The molecule has 0 amide bonds. The Hall–Kier alpha value is -14.1. The van der Waals surface area contributed by atoms with Gasteiger partial charge in [-0.1, -0.05) is 275 Å². The number of nitrogens with two attached hydrogens (primary N) is 1. The summed E-state index contributed by atoms with van der Waals surface area (Å²) in [5.74, 6) is 5.55. The number of nitrogens with zero attached hydrogens (tertiary/aromatic N) is 16. The summed E-state index contributed by atoms with van der Waals surface area (Å²) in [7, 11) is 0. The number of para-hydroxylation sites is 4. The first-order valence-electron chi connectivity index (χ1n) is 46.0. The number of hydrogen-bond acceptors (Lipinski definition) is 23. The van der Waals surface area contributed by atoms with Crippen LogP contribution in [0.1, 0.15) is 113 Å².